The normalized spacial score (nSPS) is 22.0. The molecule has 0 aromatic heterocycles. The molecule has 0 aliphatic carbocycles. The van der Waals surface area contributed by atoms with Gasteiger partial charge >= 0.3 is 0 Å². The van der Waals surface area contributed by atoms with Crippen molar-refractivity contribution >= 4 is 17.5 Å². The number of morpholine rings is 1. The van der Waals surface area contributed by atoms with Crippen LogP contribution in [0.25, 0.3) is 0 Å². The molecule has 2 aliphatic rings. The van der Waals surface area contributed by atoms with Crippen LogP contribution in [-0.4, -0.2) is 62.7 Å². The molecule has 1 aromatic rings. The van der Waals surface area contributed by atoms with Crippen molar-refractivity contribution in [1.82, 2.24) is 10.2 Å². The summed E-state index contributed by atoms with van der Waals surface area (Å²) in [5.41, 5.74) is 0.630. The Hall–Kier alpha value is -1.99. The first-order valence-corrected chi connectivity index (χ1v) is 8.27. The van der Waals surface area contributed by atoms with E-state index in [9.17, 15) is 14.0 Å². The van der Waals surface area contributed by atoms with Crippen molar-refractivity contribution in [2.75, 3.05) is 50.8 Å². The third-order valence-corrected chi connectivity index (χ3v) is 4.47. The molecule has 2 fully saturated rings. The van der Waals surface area contributed by atoms with Gasteiger partial charge in [0.05, 0.1) is 19.1 Å². The lowest BCUT2D eigenvalue weighted by Gasteiger charge is -2.26. The molecule has 0 saturated carbocycles. The Kier molecular flexibility index (Phi) is 5.42. The Bertz CT molecular complexity index is 587. The number of carbonyl (C=O) groups excluding carboxylic acids is 2. The summed E-state index contributed by atoms with van der Waals surface area (Å²) < 4.78 is 18.3. The number of rotatable bonds is 5. The average molecular weight is 335 g/mol. The van der Waals surface area contributed by atoms with Crippen molar-refractivity contribution in [1.29, 1.82) is 0 Å². The van der Waals surface area contributed by atoms with Crippen LogP contribution in [0.15, 0.2) is 24.3 Å². The molecule has 24 heavy (non-hydrogen) atoms. The molecule has 2 heterocycles. The Morgan fingerprint density at radius 2 is 1.96 bits per heavy atom. The van der Waals surface area contributed by atoms with E-state index in [4.69, 9.17) is 4.74 Å². The third-order valence-electron chi connectivity index (χ3n) is 4.47. The lowest BCUT2D eigenvalue weighted by atomic mass is 10.1. The van der Waals surface area contributed by atoms with Gasteiger partial charge in [-0.3, -0.25) is 14.5 Å². The van der Waals surface area contributed by atoms with Crippen LogP contribution < -0.4 is 10.2 Å². The lowest BCUT2D eigenvalue weighted by Crippen LogP contribution is -2.42. The van der Waals surface area contributed by atoms with Gasteiger partial charge in [-0.15, -0.1) is 0 Å². The number of nitrogens with zero attached hydrogens (tertiary/aromatic N) is 2. The molecule has 1 aromatic carbocycles. The maximum Gasteiger partial charge on any atom is 0.227 e. The Labute approximate surface area is 140 Å². The summed E-state index contributed by atoms with van der Waals surface area (Å²) in [6, 6.07) is 5.76. The molecule has 2 aliphatic heterocycles. The van der Waals surface area contributed by atoms with E-state index >= 15 is 0 Å². The Morgan fingerprint density at radius 3 is 2.67 bits per heavy atom. The number of hydrogen-bond acceptors (Lipinski definition) is 4. The van der Waals surface area contributed by atoms with Crippen molar-refractivity contribution in [3.63, 3.8) is 0 Å². The lowest BCUT2D eigenvalue weighted by molar-refractivity contribution is -0.126. The van der Waals surface area contributed by atoms with Crippen molar-refractivity contribution < 1.29 is 18.7 Å². The molecule has 0 bridgehead atoms. The number of anilines is 1. The van der Waals surface area contributed by atoms with Gasteiger partial charge in [-0.2, -0.15) is 0 Å². The molecule has 0 spiro atoms. The Morgan fingerprint density at radius 1 is 1.25 bits per heavy atom. The molecule has 0 radical (unpaired) electrons. The van der Waals surface area contributed by atoms with Gasteiger partial charge in [0.15, 0.2) is 0 Å². The van der Waals surface area contributed by atoms with Crippen LogP contribution in [0.3, 0.4) is 0 Å². The van der Waals surface area contributed by atoms with E-state index < -0.39 is 0 Å². The summed E-state index contributed by atoms with van der Waals surface area (Å²) >= 11 is 0. The second-order valence-electron chi connectivity index (χ2n) is 6.13. The summed E-state index contributed by atoms with van der Waals surface area (Å²) in [6.07, 6.45) is 0.195. The zero-order valence-electron chi connectivity index (χ0n) is 13.5. The van der Waals surface area contributed by atoms with Gasteiger partial charge < -0.3 is 15.0 Å². The van der Waals surface area contributed by atoms with Crippen molar-refractivity contribution in [3.8, 4) is 0 Å². The van der Waals surface area contributed by atoms with Gasteiger partial charge in [-0.05, 0) is 24.3 Å². The van der Waals surface area contributed by atoms with E-state index in [1.807, 2.05) is 0 Å². The minimum atomic E-state index is -0.354. The van der Waals surface area contributed by atoms with Crippen LogP contribution in [0.1, 0.15) is 6.42 Å². The number of halogens is 1. The molecule has 1 atom stereocenters. The maximum atomic E-state index is 13.0. The number of hydrogen-bond donors (Lipinski definition) is 1. The summed E-state index contributed by atoms with van der Waals surface area (Å²) in [5, 5.41) is 2.91. The van der Waals surface area contributed by atoms with Gasteiger partial charge in [0.1, 0.15) is 5.82 Å². The van der Waals surface area contributed by atoms with Gasteiger partial charge in [-0.25, -0.2) is 4.39 Å². The fourth-order valence-electron chi connectivity index (χ4n) is 3.06. The third kappa shape index (κ3) is 4.10. The second-order valence-corrected chi connectivity index (χ2v) is 6.13. The van der Waals surface area contributed by atoms with Crippen LogP contribution in [0.5, 0.6) is 0 Å². The molecule has 2 amide bonds. The van der Waals surface area contributed by atoms with E-state index in [1.165, 1.54) is 12.1 Å². The standard InChI is InChI=1S/C17H22FN3O3/c18-14-1-3-15(4-2-14)21-12-13(11-16(21)22)17(23)19-5-6-20-7-9-24-10-8-20/h1-4,13H,5-12H2,(H,19,23)/t13-/m1/s1. The average Bonchev–Trinajstić information content (AvgIpc) is 2.98. The van der Waals surface area contributed by atoms with Crippen LogP contribution in [-0.2, 0) is 14.3 Å². The van der Waals surface area contributed by atoms with Crippen molar-refractivity contribution in [2.45, 2.75) is 6.42 Å². The predicted octanol–water partition coefficient (Wildman–Crippen LogP) is 0.627. The van der Waals surface area contributed by atoms with E-state index in [1.54, 1.807) is 17.0 Å². The minimum Gasteiger partial charge on any atom is -0.379 e. The molecule has 1 N–H and O–H groups in total. The number of ether oxygens (including phenoxy) is 1. The first kappa shape index (κ1) is 16.9. The van der Waals surface area contributed by atoms with E-state index in [0.717, 1.165) is 32.8 Å². The van der Waals surface area contributed by atoms with Crippen LogP contribution in [0.2, 0.25) is 0 Å². The molecule has 7 heteroatoms. The van der Waals surface area contributed by atoms with E-state index in [-0.39, 0.29) is 30.0 Å². The summed E-state index contributed by atoms with van der Waals surface area (Å²) in [4.78, 5) is 28.2. The van der Waals surface area contributed by atoms with Crippen molar-refractivity contribution in [3.05, 3.63) is 30.1 Å². The SMILES string of the molecule is O=C(NCCN1CCOCC1)[C@@H]1CC(=O)N(c2ccc(F)cc2)C1. The number of amides is 2. The summed E-state index contributed by atoms with van der Waals surface area (Å²) in [5.74, 6) is -0.897. The number of benzene rings is 1. The zero-order valence-corrected chi connectivity index (χ0v) is 13.5. The molecule has 2 saturated heterocycles. The topological polar surface area (TPSA) is 61.9 Å². The number of nitrogens with one attached hydrogen (secondary N) is 1. The van der Waals surface area contributed by atoms with Crippen molar-refractivity contribution in [2.24, 2.45) is 5.92 Å². The minimum absolute atomic E-state index is 0.0961. The zero-order chi connectivity index (χ0) is 16.9. The van der Waals surface area contributed by atoms with Crippen LogP contribution in [0, 0.1) is 11.7 Å². The number of carbonyl (C=O) groups is 2. The second kappa shape index (κ2) is 7.72. The van der Waals surface area contributed by atoms with Gasteiger partial charge in [0.2, 0.25) is 11.8 Å². The molecular formula is C17H22FN3O3. The largest absolute Gasteiger partial charge is 0.379 e. The highest BCUT2D eigenvalue weighted by molar-refractivity contribution is 6.00. The van der Waals surface area contributed by atoms with Gasteiger partial charge in [-0.1, -0.05) is 0 Å². The van der Waals surface area contributed by atoms with E-state index in [0.29, 0.717) is 18.8 Å². The maximum absolute atomic E-state index is 13.0. The molecule has 0 unspecified atom stereocenters. The Balaban J connectivity index is 1.47. The summed E-state index contributed by atoms with van der Waals surface area (Å²) in [6.45, 7) is 4.94. The highest BCUT2D eigenvalue weighted by Crippen LogP contribution is 2.25. The van der Waals surface area contributed by atoms with Gasteiger partial charge in [0, 0.05) is 44.8 Å². The molecular weight excluding hydrogens is 313 g/mol. The summed E-state index contributed by atoms with van der Waals surface area (Å²) in [7, 11) is 0. The fourth-order valence-corrected chi connectivity index (χ4v) is 3.06. The quantitative estimate of drug-likeness (QED) is 0.857. The molecule has 130 valence electrons. The van der Waals surface area contributed by atoms with Crippen LogP contribution >= 0.6 is 0 Å². The van der Waals surface area contributed by atoms with E-state index in [2.05, 4.69) is 10.2 Å². The molecule has 3 rings (SSSR count). The van der Waals surface area contributed by atoms with Crippen LogP contribution in [0.4, 0.5) is 10.1 Å². The smallest absolute Gasteiger partial charge is 0.227 e. The highest BCUT2D eigenvalue weighted by atomic mass is 19.1. The highest BCUT2D eigenvalue weighted by Gasteiger charge is 2.34. The van der Waals surface area contributed by atoms with Gasteiger partial charge in [0.25, 0.3) is 0 Å². The first-order valence-electron chi connectivity index (χ1n) is 8.27. The monoisotopic (exact) mass is 335 g/mol. The predicted molar refractivity (Wildman–Crippen MR) is 87.1 cm³/mol. The first-order chi connectivity index (χ1) is 11.6. The fraction of sp³-hybridized carbons (Fsp3) is 0.529. The molecule has 6 nitrogen and oxygen atoms in total.